The van der Waals surface area contributed by atoms with Crippen LogP contribution in [0.25, 0.3) is 45.3 Å². The molecule has 3 N–H and O–H groups in total. The van der Waals surface area contributed by atoms with Crippen LogP contribution in [0.5, 0.6) is 11.5 Å². The van der Waals surface area contributed by atoms with E-state index in [2.05, 4.69) is 70.4 Å². The summed E-state index contributed by atoms with van der Waals surface area (Å²) in [6.07, 6.45) is 6.89. The highest BCUT2D eigenvalue weighted by Gasteiger charge is 2.31. The van der Waals surface area contributed by atoms with E-state index in [1.165, 1.54) is 14.2 Å². The molecule has 0 saturated heterocycles. The largest absolute Gasteiger partial charge is 0.492 e. The lowest BCUT2D eigenvalue weighted by molar-refractivity contribution is -0.153. The molecule has 20 heteroatoms. The third-order valence-electron chi connectivity index (χ3n) is 11.5. The first-order valence-corrected chi connectivity index (χ1v) is 31.6. The number of nitrogens with two attached hydrogens (primary N) is 1. The maximum absolute atomic E-state index is 11.9. The number of nitrogens with zero attached hydrogens (tertiary/aromatic N) is 8. The zero-order valence-corrected chi connectivity index (χ0v) is 46.8. The zero-order valence-electron chi connectivity index (χ0n) is 44.8. The molecule has 0 spiro atoms. The zero-order chi connectivity index (χ0) is 54.3. The van der Waals surface area contributed by atoms with Gasteiger partial charge in [0.2, 0.25) is 0 Å². The van der Waals surface area contributed by atoms with E-state index >= 15 is 0 Å². The molecule has 6 aromatic rings. The second-order valence-corrected chi connectivity index (χ2v) is 32.6. The number of carbonyl (C=O) groups is 2. The Morgan fingerprint density at radius 1 is 0.649 bits per heavy atom. The van der Waals surface area contributed by atoms with Crippen molar-refractivity contribution in [2.75, 3.05) is 40.6 Å². The van der Waals surface area contributed by atoms with Crippen LogP contribution in [0.4, 0.5) is 0 Å². The van der Waals surface area contributed by atoms with Gasteiger partial charge in [-0.1, -0.05) is 44.4 Å². The van der Waals surface area contributed by atoms with Gasteiger partial charge in [0, 0.05) is 76.4 Å². The van der Waals surface area contributed by atoms with Crippen molar-refractivity contribution < 1.29 is 43.2 Å². The van der Waals surface area contributed by atoms with Crippen molar-refractivity contribution in [2.24, 2.45) is 21.7 Å². The molecule has 6 rings (SSSR count). The molecule has 0 saturated carbocycles. The van der Waals surface area contributed by atoms with Crippen molar-refractivity contribution >= 4 is 33.9 Å². The van der Waals surface area contributed by atoms with Crippen molar-refractivity contribution in [1.82, 2.24) is 29.1 Å². The molecular weight excluding hydrogens is 975 g/mol. The van der Waals surface area contributed by atoms with Crippen LogP contribution in [0.15, 0.2) is 103 Å². The Morgan fingerprint density at radius 3 is 1.42 bits per heavy atom. The molecule has 2 aromatic carbocycles. The first-order valence-electron chi connectivity index (χ1n) is 24.2. The minimum Gasteiger partial charge on any atom is -0.492 e. The van der Waals surface area contributed by atoms with Gasteiger partial charge in [-0.05, 0) is 113 Å². The summed E-state index contributed by atoms with van der Waals surface area (Å²) in [6.45, 7) is 23.3. The van der Waals surface area contributed by atoms with E-state index in [-0.39, 0.29) is 31.0 Å². The Labute approximate surface area is 436 Å². The number of nitriles is 1. The third-order valence-corrected chi connectivity index (χ3v) is 14.9. The minimum absolute atomic E-state index is 0.0750. The quantitative estimate of drug-likeness (QED) is 0.0116. The predicted octanol–water partition coefficient (Wildman–Crippen LogP) is 9.97. The molecule has 0 atom stereocenters. The van der Waals surface area contributed by atoms with Crippen LogP contribution < -0.4 is 15.2 Å². The normalized spacial score (nSPS) is 12.1. The third kappa shape index (κ3) is 16.9. The Bertz CT molecular complexity index is 2850. The number of carbonyl (C=O) groups excluding carboxylic acids is 2. The summed E-state index contributed by atoms with van der Waals surface area (Å²) >= 11 is 0. The van der Waals surface area contributed by atoms with Gasteiger partial charge in [0.25, 0.3) is 0 Å². The number of ether oxygens (including phenoxy) is 6. The number of oxime groups is 1. The molecule has 0 aliphatic carbocycles. The number of hydrogen-bond acceptors (Lipinski definition) is 15. The number of esters is 2. The Kier molecular flexibility index (Phi) is 20.0. The fourth-order valence-corrected chi connectivity index (χ4v) is 8.35. The molecule has 4 heterocycles. The Morgan fingerprint density at radius 2 is 1.05 bits per heavy atom. The molecule has 394 valence electrons. The van der Waals surface area contributed by atoms with Crippen molar-refractivity contribution in [2.45, 2.75) is 92.5 Å². The van der Waals surface area contributed by atoms with Crippen molar-refractivity contribution in [3.05, 3.63) is 109 Å². The molecule has 0 bridgehead atoms. The maximum atomic E-state index is 11.9. The van der Waals surface area contributed by atoms with E-state index in [0.717, 1.165) is 45.7 Å². The summed E-state index contributed by atoms with van der Waals surface area (Å²) in [5, 5.41) is 21.5. The number of aromatic nitrogens is 6. The van der Waals surface area contributed by atoms with Crippen molar-refractivity contribution in [1.29, 1.82) is 5.26 Å². The summed E-state index contributed by atoms with van der Waals surface area (Å²) in [5.74, 6) is 1.85. The number of benzene rings is 2. The summed E-state index contributed by atoms with van der Waals surface area (Å²) in [7, 11) is 0.351. The molecule has 0 unspecified atom stereocenters. The molecule has 0 radical (unpaired) electrons. The SMILES string of the molecule is COC(=O)C(C)(C)COc1ccc(-c2ccc(-c3nc(C#N)cn3COCC[Si](C)(C)C)cn2)cc1.COC(=O)C(C)(C)COc1ccc(-c2ccc(-c3nc(C(N)=NO)cn3COCC[Si](C)(C)C)cn2)cc1. The number of rotatable bonds is 23. The van der Waals surface area contributed by atoms with E-state index < -0.39 is 27.0 Å². The van der Waals surface area contributed by atoms with Crippen LogP contribution in [0, 0.1) is 22.2 Å². The van der Waals surface area contributed by atoms with Crippen LogP contribution in [0.3, 0.4) is 0 Å². The van der Waals surface area contributed by atoms with E-state index in [0.29, 0.717) is 61.2 Å². The molecule has 0 fully saturated rings. The fourth-order valence-electron chi connectivity index (χ4n) is 6.84. The van der Waals surface area contributed by atoms with Gasteiger partial charge in [0.1, 0.15) is 61.6 Å². The van der Waals surface area contributed by atoms with Crippen LogP contribution in [-0.4, -0.2) is 109 Å². The van der Waals surface area contributed by atoms with Gasteiger partial charge >= 0.3 is 11.9 Å². The first kappa shape index (κ1) is 57.7. The summed E-state index contributed by atoms with van der Waals surface area (Å²) in [5.41, 5.74) is 9.98. The van der Waals surface area contributed by atoms with Crippen LogP contribution in [0.1, 0.15) is 39.1 Å². The highest BCUT2D eigenvalue weighted by Crippen LogP contribution is 2.28. The molecule has 0 aliphatic heterocycles. The fraction of sp³-hybridized carbons (Fsp3) is 0.407. The lowest BCUT2D eigenvalue weighted by Gasteiger charge is -2.21. The Balaban J connectivity index is 0.000000274. The minimum atomic E-state index is -1.21. The van der Waals surface area contributed by atoms with E-state index in [4.69, 9.17) is 39.4 Å². The molecule has 4 aromatic heterocycles. The number of imidazole rings is 2. The van der Waals surface area contributed by atoms with Gasteiger partial charge in [0.15, 0.2) is 11.5 Å². The van der Waals surface area contributed by atoms with E-state index in [1.807, 2.05) is 81.9 Å². The number of pyridine rings is 2. The summed E-state index contributed by atoms with van der Waals surface area (Å²) in [6, 6.07) is 26.9. The number of methoxy groups -OCH3 is 2. The first-order chi connectivity index (χ1) is 34.9. The average molecular weight is 1050 g/mol. The number of hydrogen-bond donors (Lipinski definition) is 2. The second kappa shape index (κ2) is 25.7. The van der Waals surface area contributed by atoms with Crippen LogP contribution in [0.2, 0.25) is 51.4 Å². The Hall–Kier alpha value is -7.19. The lowest BCUT2D eigenvalue weighted by atomic mass is 9.95. The standard InChI is InChI=1S/C27H37N5O5Si.C27H34N4O4Si/c1-27(2,26(33)35-3)17-37-21-10-7-19(8-11-21)22-12-9-20(15-29-22)25-30-23(24(28)31-34)16-32(25)18-36-13-14-38(4,5)6;1-27(2,26(32)33-3)18-35-23-10-7-20(8-11-23)24-12-9-21(16-29-24)25-30-22(15-28)17-31(25)19-34-13-14-36(4,5)6/h7-12,15-16,34H,13-14,17-18H2,1-6H3,(H2,28,31);7-12,16-17H,13-14,18-19H2,1-6H3. The van der Waals surface area contributed by atoms with Gasteiger partial charge in [-0.3, -0.25) is 19.6 Å². The highest BCUT2D eigenvalue weighted by molar-refractivity contribution is 6.76. The van der Waals surface area contributed by atoms with Crippen LogP contribution >= 0.6 is 0 Å². The molecule has 0 amide bonds. The van der Waals surface area contributed by atoms with Gasteiger partial charge in [-0.15, -0.1) is 0 Å². The predicted molar refractivity (Wildman–Crippen MR) is 290 cm³/mol. The van der Waals surface area contributed by atoms with Crippen molar-refractivity contribution in [3.8, 4) is 62.9 Å². The summed E-state index contributed by atoms with van der Waals surface area (Å²) in [4.78, 5) is 41.9. The van der Waals surface area contributed by atoms with Crippen LogP contribution in [-0.2, 0) is 42.0 Å². The van der Waals surface area contributed by atoms with E-state index in [1.54, 1.807) is 52.5 Å². The van der Waals surface area contributed by atoms with Crippen molar-refractivity contribution in [3.63, 3.8) is 0 Å². The monoisotopic (exact) mass is 1050 g/mol. The lowest BCUT2D eigenvalue weighted by Crippen LogP contribution is -2.32. The molecule has 74 heavy (non-hydrogen) atoms. The van der Waals surface area contributed by atoms with Gasteiger partial charge in [-0.2, -0.15) is 5.26 Å². The topological polar surface area (TPSA) is 233 Å². The average Bonchev–Trinajstić information content (AvgIpc) is 4.01. The highest BCUT2D eigenvalue weighted by atomic mass is 28.3. The number of amidine groups is 1. The van der Waals surface area contributed by atoms with Gasteiger partial charge in [0.05, 0.1) is 36.4 Å². The van der Waals surface area contributed by atoms with E-state index in [9.17, 15) is 14.9 Å². The van der Waals surface area contributed by atoms with Gasteiger partial charge in [-0.25, -0.2) is 9.97 Å². The second-order valence-electron chi connectivity index (χ2n) is 21.4. The molecule has 18 nitrogen and oxygen atoms in total. The smallest absolute Gasteiger partial charge is 0.314 e. The van der Waals surface area contributed by atoms with Gasteiger partial charge < -0.3 is 48.5 Å². The molecule has 0 aliphatic rings. The maximum Gasteiger partial charge on any atom is 0.314 e. The molecular formula is C54H71N9O9Si2. The summed E-state index contributed by atoms with van der Waals surface area (Å²) < 4.78 is 36.7.